The largest absolute Gasteiger partial charge is 0.507 e. The molecule has 1 aromatic carbocycles. The minimum atomic E-state index is 0.414. The van der Waals surface area contributed by atoms with Crippen molar-refractivity contribution in [3.63, 3.8) is 0 Å². The first-order valence-corrected chi connectivity index (χ1v) is 5.20. The van der Waals surface area contributed by atoms with Crippen LogP contribution in [0.2, 0.25) is 0 Å². The van der Waals surface area contributed by atoms with Gasteiger partial charge in [-0.05, 0) is 49.2 Å². The van der Waals surface area contributed by atoms with Crippen LogP contribution >= 0.6 is 0 Å². The third-order valence-corrected chi connectivity index (χ3v) is 2.50. The predicted molar refractivity (Wildman–Crippen MR) is 65.0 cm³/mol. The fraction of sp³-hybridized carbons (Fsp3) is 0.143. The van der Waals surface area contributed by atoms with E-state index in [2.05, 4.69) is 0 Å². The maximum atomic E-state index is 9.21. The summed E-state index contributed by atoms with van der Waals surface area (Å²) in [6.45, 7) is 3.78. The van der Waals surface area contributed by atoms with E-state index < -0.39 is 0 Å². The highest BCUT2D eigenvalue weighted by molar-refractivity contribution is 5.59. The molecule has 0 aliphatic heterocycles. The van der Waals surface area contributed by atoms with E-state index in [9.17, 15) is 5.11 Å². The standard InChI is InChI=1S/C8H10O.C6H4O/c1-6-4-3-5-7(2)8(6)9;1-2-6-4-3-5(1)7-6/h3-5,9H,1-2H3;1-4H. The Kier molecular flexibility index (Phi) is 2.82. The number of hydrogen-bond acceptors (Lipinski definition) is 2. The van der Waals surface area contributed by atoms with E-state index in [4.69, 9.17) is 4.42 Å². The molecular weight excluding hydrogens is 200 g/mol. The van der Waals surface area contributed by atoms with Crippen LogP contribution in [0.3, 0.4) is 0 Å². The Morgan fingerprint density at radius 1 is 0.812 bits per heavy atom. The Labute approximate surface area is 94.5 Å². The van der Waals surface area contributed by atoms with Gasteiger partial charge in [-0.1, -0.05) is 18.2 Å². The molecule has 2 heteroatoms. The molecule has 2 nitrogen and oxygen atoms in total. The van der Waals surface area contributed by atoms with Crippen LogP contribution in [0, 0.1) is 13.8 Å². The summed E-state index contributed by atoms with van der Waals surface area (Å²) in [5.41, 5.74) is 3.81. The zero-order valence-corrected chi connectivity index (χ0v) is 9.40. The molecule has 0 spiro atoms. The van der Waals surface area contributed by atoms with Crippen molar-refractivity contribution in [1.82, 2.24) is 0 Å². The van der Waals surface area contributed by atoms with Crippen LogP contribution in [0.15, 0.2) is 46.9 Å². The summed E-state index contributed by atoms with van der Waals surface area (Å²) in [4.78, 5) is 0. The lowest BCUT2D eigenvalue weighted by atomic mass is 10.1. The van der Waals surface area contributed by atoms with Crippen molar-refractivity contribution >= 4 is 11.2 Å². The van der Waals surface area contributed by atoms with Crippen LogP contribution in [0.4, 0.5) is 0 Å². The summed E-state index contributed by atoms with van der Waals surface area (Å²) in [6.07, 6.45) is 0. The number of aryl methyl sites for hydroxylation is 2. The lowest BCUT2D eigenvalue weighted by Crippen LogP contribution is -1.76. The molecule has 0 saturated heterocycles. The number of hydrogen-bond donors (Lipinski definition) is 1. The number of rotatable bonds is 0. The van der Waals surface area contributed by atoms with Crippen LogP contribution in [-0.4, -0.2) is 5.11 Å². The van der Waals surface area contributed by atoms with Crippen molar-refractivity contribution in [2.75, 3.05) is 0 Å². The lowest BCUT2D eigenvalue weighted by molar-refractivity contribution is 0.467. The summed E-state index contributed by atoms with van der Waals surface area (Å²) in [7, 11) is 0. The molecule has 3 rings (SSSR count). The van der Waals surface area contributed by atoms with Crippen molar-refractivity contribution in [3.8, 4) is 5.75 Å². The van der Waals surface area contributed by atoms with Gasteiger partial charge in [-0.25, -0.2) is 0 Å². The lowest BCUT2D eigenvalue weighted by Gasteiger charge is -1.99. The first-order valence-electron chi connectivity index (χ1n) is 5.20. The molecule has 82 valence electrons. The summed E-state index contributed by atoms with van der Waals surface area (Å²) >= 11 is 0. The highest BCUT2D eigenvalue weighted by atomic mass is 16.3. The fourth-order valence-electron chi connectivity index (χ4n) is 1.52. The van der Waals surface area contributed by atoms with Gasteiger partial charge in [0.1, 0.15) is 16.9 Å². The molecule has 0 radical (unpaired) electrons. The maximum Gasteiger partial charge on any atom is 0.127 e. The average Bonchev–Trinajstić information content (AvgIpc) is 2.91. The predicted octanol–water partition coefficient (Wildman–Crippen LogP) is 3.88. The zero-order chi connectivity index (χ0) is 11.5. The molecular formula is C14H14O2. The van der Waals surface area contributed by atoms with Gasteiger partial charge in [0.05, 0.1) is 0 Å². The summed E-state index contributed by atoms with van der Waals surface area (Å²) < 4.78 is 5.08. The molecule has 16 heavy (non-hydrogen) atoms. The molecule has 0 aliphatic rings. The van der Waals surface area contributed by atoms with Gasteiger partial charge in [0.2, 0.25) is 0 Å². The Morgan fingerprint density at radius 2 is 1.25 bits per heavy atom. The topological polar surface area (TPSA) is 33.4 Å². The summed E-state index contributed by atoms with van der Waals surface area (Å²) in [5.74, 6) is 0.414. The number of para-hydroxylation sites is 1. The van der Waals surface area contributed by atoms with E-state index in [1.807, 2.05) is 56.3 Å². The van der Waals surface area contributed by atoms with Gasteiger partial charge in [-0.3, -0.25) is 0 Å². The third-order valence-electron chi connectivity index (χ3n) is 2.50. The minimum Gasteiger partial charge on any atom is -0.507 e. The number of furan rings is 2. The smallest absolute Gasteiger partial charge is 0.127 e. The van der Waals surface area contributed by atoms with Crippen LogP contribution < -0.4 is 0 Å². The second-order valence-electron chi connectivity index (χ2n) is 3.81. The highest BCUT2D eigenvalue weighted by Gasteiger charge is 1.95. The van der Waals surface area contributed by atoms with Gasteiger partial charge in [0.25, 0.3) is 0 Å². The van der Waals surface area contributed by atoms with Gasteiger partial charge < -0.3 is 9.52 Å². The van der Waals surface area contributed by atoms with E-state index in [1.165, 1.54) is 0 Å². The minimum absolute atomic E-state index is 0.414. The Morgan fingerprint density at radius 3 is 1.50 bits per heavy atom. The van der Waals surface area contributed by atoms with E-state index >= 15 is 0 Å². The highest BCUT2D eigenvalue weighted by Crippen LogP contribution is 2.19. The summed E-state index contributed by atoms with van der Waals surface area (Å²) in [5, 5.41) is 9.21. The van der Waals surface area contributed by atoms with Crippen LogP contribution in [0.1, 0.15) is 11.1 Å². The molecule has 0 fully saturated rings. The molecule has 2 aromatic heterocycles. The number of phenolic OH excluding ortho intramolecular Hbond substituents is 1. The van der Waals surface area contributed by atoms with Gasteiger partial charge in [0.15, 0.2) is 0 Å². The van der Waals surface area contributed by atoms with E-state index in [1.54, 1.807) is 0 Å². The quantitative estimate of drug-likeness (QED) is 0.616. The average molecular weight is 214 g/mol. The van der Waals surface area contributed by atoms with Crippen molar-refractivity contribution in [2.24, 2.45) is 0 Å². The maximum absolute atomic E-state index is 9.21. The van der Waals surface area contributed by atoms with Gasteiger partial charge in [-0.15, -0.1) is 0 Å². The molecule has 0 unspecified atom stereocenters. The van der Waals surface area contributed by atoms with E-state index in [0.29, 0.717) is 5.75 Å². The van der Waals surface area contributed by atoms with Crippen LogP contribution in [-0.2, 0) is 0 Å². The SMILES string of the molecule is Cc1cccc(C)c1O.c1cc2ccc1o2. The first-order chi connectivity index (χ1) is 7.66. The Hall–Kier alpha value is -1.96. The molecule has 2 bridgehead atoms. The van der Waals surface area contributed by atoms with Gasteiger partial charge >= 0.3 is 0 Å². The second-order valence-corrected chi connectivity index (χ2v) is 3.81. The molecule has 0 atom stereocenters. The second kappa shape index (κ2) is 4.27. The number of fused-ring (bicyclic) bond motifs is 2. The normalized spacial score (nSPS) is 10.1. The number of aromatic hydroxyl groups is 1. The number of phenols is 1. The molecule has 1 N–H and O–H groups in total. The third kappa shape index (κ3) is 2.16. The van der Waals surface area contributed by atoms with Gasteiger partial charge in [-0.2, -0.15) is 0 Å². The molecule has 0 aliphatic carbocycles. The fourth-order valence-corrected chi connectivity index (χ4v) is 1.52. The van der Waals surface area contributed by atoms with Crippen molar-refractivity contribution in [1.29, 1.82) is 0 Å². The van der Waals surface area contributed by atoms with Crippen LogP contribution in [0.25, 0.3) is 11.2 Å². The Balaban J connectivity index is 0.000000123. The van der Waals surface area contributed by atoms with Crippen molar-refractivity contribution in [3.05, 3.63) is 53.6 Å². The Bertz CT molecular complexity index is 501. The molecule has 3 aromatic rings. The monoisotopic (exact) mass is 214 g/mol. The number of benzene rings is 2. The van der Waals surface area contributed by atoms with Crippen LogP contribution in [0.5, 0.6) is 5.75 Å². The molecule has 2 heterocycles. The summed E-state index contributed by atoms with van der Waals surface area (Å²) in [6, 6.07) is 13.5. The van der Waals surface area contributed by atoms with Crippen molar-refractivity contribution < 1.29 is 9.52 Å². The first kappa shape index (κ1) is 10.6. The van der Waals surface area contributed by atoms with Crippen molar-refractivity contribution in [2.45, 2.75) is 13.8 Å². The zero-order valence-electron chi connectivity index (χ0n) is 9.40. The van der Waals surface area contributed by atoms with E-state index in [-0.39, 0.29) is 0 Å². The van der Waals surface area contributed by atoms with Gasteiger partial charge in [0, 0.05) is 0 Å². The van der Waals surface area contributed by atoms with E-state index in [0.717, 1.165) is 22.3 Å². The molecule has 0 saturated carbocycles. The molecule has 0 amide bonds.